The zero-order valence-corrected chi connectivity index (χ0v) is 11.5. The number of aromatic hydroxyl groups is 2. The highest BCUT2D eigenvalue weighted by Gasteiger charge is 2.37. The molecule has 1 aliphatic carbocycles. The smallest absolute Gasteiger partial charge is 0.200 e. The van der Waals surface area contributed by atoms with Gasteiger partial charge >= 0.3 is 0 Å². The van der Waals surface area contributed by atoms with E-state index in [4.69, 9.17) is 10.6 Å². The number of nitrogens with two attached hydrogens (primary N) is 1. The summed E-state index contributed by atoms with van der Waals surface area (Å²) in [4.78, 5) is 30.1. The Balaban J connectivity index is 2.38. The van der Waals surface area contributed by atoms with Crippen LogP contribution >= 0.6 is 0 Å². The van der Waals surface area contributed by atoms with Crippen molar-refractivity contribution < 1.29 is 24.6 Å². The van der Waals surface area contributed by atoms with Gasteiger partial charge in [-0.05, 0) is 24.3 Å². The van der Waals surface area contributed by atoms with E-state index in [9.17, 15) is 19.8 Å². The Morgan fingerprint density at radius 2 is 1.45 bits per heavy atom. The van der Waals surface area contributed by atoms with E-state index in [1.54, 1.807) is 0 Å². The van der Waals surface area contributed by atoms with Gasteiger partial charge in [-0.3, -0.25) is 19.9 Å². The third-order valence-electron chi connectivity index (χ3n) is 3.52. The maximum absolute atomic E-state index is 12.7. The monoisotopic (exact) mass is 300 g/mol. The van der Waals surface area contributed by atoms with Crippen LogP contribution in [0.15, 0.2) is 24.3 Å². The molecule has 0 aliphatic heterocycles. The molecule has 7 heteroatoms. The molecule has 1 aliphatic rings. The van der Waals surface area contributed by atoms with Crippen molar-refractivity contribution in [1.29, 1.82) is 0 Å². The highest BCUT2D eigenvalue weighted by Crippen LogP contribution is 2.41. The molecule has 0 heterocycles. The lowest BCUT2D eigenvalue weighted by Crippen LogP contribution is -2.24. The lowest BCUT2D eigenvalue weighted by atomic mass is 9.81. The minimum Gasteiger partial charge on any atom is -0.507 e. The van der Waals surface area contributed by atoms with Crippen molar-refractivity contribution in [2.75, 3.05) is 18.3 Å². The molecule has 7 nitrogen and oxygen atoms in total. The molecule has 5 N–H and O–H groups in total. The summed E-state index contributed by atoms with van der Waals surface area (Å²) in [5.41, 5.74) is 7.98. The predicted molar refractivity (Wildman–Crippen MR) is 78.1 cm³/mol. The minimum absolute atomic E-state index is 0.0568. The van der Waals surface area contributed by atoms with Crippen molar-refractivity contribution in [2.24, 2.45) is 0 Å². The van der Waals surface area contributed by atoms with Crippen molar-refractivity contribution in [3.05, 3.63) is 46.5 Å². The van der Waals surface area contributed by atoms with Gasteiger partial charge in [0, 0.05) is 5.69 Å². The minimum atomic E-state index is -0.629. The number of nitrogen functional groups attached to an aromatic ring is 1. The normalized spacial score (nSPS) is 12.8. The lowest BCUT2D eigenvalue weighted by molar-refractivity contribution is 0.0974. The molecule has 0 atom stereocenters. The van der Waals surface area contributed by atoms with Crippen LogP contribution in [-0.2, 0) is 4.84 Å². The third-order valence-corrected chi connectivity index (χ3v) is 3.52. The van der Waals surface area contributed by atoms with E-state index in [1.807, 2.05) is 0 Å². The number of hydrogen-bond donors (Lipinski definition) is 4. The Hall–Kier alpha value is -3.06. The molecule has 0 radical (unpaired) electrons. The number of carbonyl (C=O) groups is 2. The molecule has 3 rings (SSSR count). The van der Waals surface area contributed by atoms with Gasteiger partial charge in [-0.1, -0.05) is 0 Å². The number of rotatable bonds is 2. The fraction of sp³-hybridized carbons (Fsp3) is 0.0667. The fourth-order valence-corrected chi connectivity index (χ4v) is 2.58. The van der Waals surface area contributed by atoms with Gasteiger partial charge < -0.3 is 15.9 Å². The molecule has 0 unspecified atom stereocenters. The summed E-state index contributed by atoms with van der Waals surface area (Å²) in [6, 6.07) is 5.25. The number of fused-ring (bicyclic) bond motifs is 2. The molecule has 0 amide bonds. The van der Waals surface area contributed by atoms with E-state index >= 15 is 0 Å². The Morgan fingerprint density at radius 3 is 2.09 bits per heavy atom. The highest BCUT2D eigenvalue weighted by molar-refractivity contribution is 6.33. The molecular weight excluding hydrogens is 288 g/mol. The molecule has 0 spiro atoms. The second-order valence-electron chi connectivity index (χ2n) is 4.77. The van der Waals surface area contributed by atoms with Crippen LogP contribution in [0.4, 0.5) is 11.4 Å². The summed E-state index contributed by atoms with van der Waals surface area (Å²) >= 11 is 0. The number of phenols is 2. The first-order chi connectivity index (χ1) is 10.5. The number of phenolic OH excluding ortho intramolecular Hbond substituents is 2. The second-order valence-corrected chi connectivity index (χ2v) is 4.77. The number of nitrogens with one attached hydrogen (secondary N) is 1. The van der Waals surface area contributed by atoms with Gasteiger partial charge in [-0.25, -0.2) is 0 Å². The van der Waals surface area contributed by atoms with Gasteiger partial charge in [0.25, 0.3) is 0 Å². The highest BCUT2D eigenvalue weighted by atomic mass is 16.6. The zero-order chi connectivity index (χ0) is 16.0. The first-order valence-corrected chi connectivity index (χ1v) is 6.33. The van der Waals surface area contributed by atoms with Crippen LogP contribution in [0.3, 0.4) is 0 Å². The van der Waals surface area contributed by atoms with Crippen LogP contribution in [0, 0.1) is 0 Å². The van der Waals surface area contributed by atoms with Crippen molar-refractivity contribution in [3.63, 3.8) is 0 Å². The summed E-state index contributed by atoms with van der Waals surface area (Å²) in [6.45, 7) is 0. The maximum atomic E-state index is 12.7. The summed E-state index contributed by atoms with van der Waals surface area (Å²) < 4.78 is 0. The molecule has 0 saturated heterocycles. The summed E-state index contributed by atoms with van der Waals surface area (Å²) in [7, 11) is 1.35. The summed E-state index contributed by atoms with van der Waals surface area (Å²) in [5.74, 6) is -1.94. The SMILES string of the molecule is CONc1ccc(O)c2c1C(=O)c1c(O)ccc(N)c1C2=O. The van der Waals surface area contributed by atoms with Gasteiger partial charge in [0.15, 0.2) is 0 Å². The number of hydrogen-bond acceptors (Lipinski definition) is 7. The van der Waals surface area contributed by atoms with E-state index < -0.39 is 11.6 Å². The second kappa shape index (κ2) is 4.74. The van der Waals surface area contributed by atoms with Gasteiger partial charge in [0.1, 0.15) is 11.5 Å². The Kier molecular flexibility index (Phi) is 3.00. The van der Waals surface area contributed by atoms with Crippen molar-refractivity contribution in [2.45, 2.75) is 0 Å². The maximum Gasteiger partial charge on any atom is 0.200 e. The predicted octanol–water partition coefficient (Wildman–Crippen LogP) is 1.43. The fourth-order valence-electron chi connectivity index (χ4n) is 2.58. The van der Waals surface area contributed by atoms with E-state index in [2.05, 4.69) is 5.48 Å². The summed E-state index contributed by atoms with van der Waals surface area (Å²) in [5, 5.41) is 19.9. The van der Waals surface area contributed by atoms with Crippen LogP contribution in [0.2, 0.25) is 0 Å². The van der Waals surface area contributed by atoms with Crippen LogP contribution in [0.25, 0.3) is 0 Å². The Morgan fingerprint density at radius 1 is 0.909 bits per heavy atom. The standard InChI is InChI=1S/C15H12N2O5/c1-22-17-7-3-5-9(19)13-11(7)15(21)12-8(18)4-2-6(16)10(12)14(13)20/h2-5,17-19H,16H2,1H3. The zero-order valence-electron chi connectivity index (χ0n) is 11.5. The molecule has 0 fully saturated rings. The third kappa shape index (κ3) is 1.73. The Bertz CT molecular complexity index is 829. The van der Waals surface area contributed by atoms with Crippen molar-refractivity contribution >= 4 is 22.9 Å². The van der Waals surface area contributed by atoms with Gasteiger partial charge in [0.05, 0.1) is 35.1 Å². The van der Waals surface area contributed by atoms with Crippen LogP contribution in [0.1, 0.15) is 31.8 Å². The van der Waals surface area contributed by atoms with E-state index in [0.717, 1.165) is 0 Å². The average molecular weight is 300 g/mol. The molecule has 22 heavy (non-hydrogen) atoms. The number of benzene rings is 2. The first-order valence-electron chi connectivity index (χ1n) is 6.33. The number of carbonyl (C=O) groups excluding carboxylic acids is 2. The average Bonchev–Trinajstić information content (AvgIpc) is 2.49. The molecule has 2 aromatic rings. The van der Waals surface area contributed by atoms with Crippen LogP contribution < -0.4 is 11.2 Å². The molecule has 0 bridgehead atoms. The summed E-state index contributed by atoms with van der Waals surface area (Å²) in [6.07, 6.45) is 0. The topological polar surface area (TPSA) is 122 Å². The molecule has 0 aromatic heterocycles. The van der Waals surface area contributed by atoms with Crippen molar-refractivity contribution in [1.82, 2.24) is 0 Å². The van der Waals surface area contributed by atoms with Crippen LogP contribution in [-0.4, -0.2) is 28.9 Å². The quantitative estimate of drug-likeness (QED) is 0.321. The molecule has 112 valence electrons. The van der Waals surface area contributed by atoms with Crippen molar-refractivity contribution in [3.8, 4) is 11.5 Å². The van der Waals surface area contributed by atoms with E-state index in [0.29, 0.717) is 0 Å². The Labute approximate surface area is 124 Å². The van der Waals surface area contributed by atoms with Gasteiger partial charge in [-0.15, -0.1) is 0 Å². The molecular formula is C15H12N2O5. The van der Waals surface area contributed by atoms with E-state index in [-0.39, 0.29) is 45.1 Å². The van der Waals surface area contributed by atoms with Gasteiger partial charge in [0.2, 0.25) is 11.6 Å². The molecule has 0 saturated carbocycles. The largest absolute Gasteiger partial charge is 0.507 e. The molecule has 2 aromatic carbocycles. The van der Waals surface area contributed by atoms with Crippen LogP contribution in [0.5, 0.6) is 11.5 Å². The number of anilines is 2. The number of ketones is 2. The lowest BCUT2D eigenvalue weighted by Gasteiger charge is -2.22. The van der Waals surface area contributed by atoms with Gasteiger partial charge in [-0.2, -0.15) is 0 Å². The first kappa shape index (κ1) is 13.9. The van der Waals surface area contributed by atoms with E-state index in [1.165, 1.54) is 31.4 Å².